The summed E-state index contributed by atoms with van der Waals surface area (Å²) in [5.41, 5.74) is 3.11. The normalized spacial score (nSPS) is 15.1. The lowest BCUT2D eigenvalue weighted by Crippen LogP contribution is -2.38. The van der Waals surface area contributed by atoms with Crippen LogP contribution in [0.5, 0.6) is 0 Å². The number of sulfone groups is 1. The molecule has 1 aliphatic heterocycles. The minimum atomic E-state index is -3.17. The predicted molar refractivity (Wildman–Crippen MR) is 124 cm³/mol. The summed E-state index contributed by atoms with van der Waals surface area (Å²) >= 11 is 0. The summed E-state index contributed by atoms with van der Waals surface area (Å²) in [4.78, 5) is 18.5. The van der Waals surface area contributed by atoms with Crippen molar-refractivity contribution in [2.75, 3.05) is 31.3 Å². The van der Waals surface area contributed by atoms with Gasteiger partial charge in [0.15, 0.2) is 15.8 Å². The molecule has 3 rings (SSSR count). The Kier molecular flexibility index (Phi) is 7.68. The van der Waals surface area contributed by atoms with Crippen molar-refractivity contribution in [3.63, 3.8) is 0 Å². The van der Waals surface area contributed by atoms with Crippen LogP contribution >= 0.6 is 0 Å². The Balaban J connectivity index is 1.45. The lowest BCUT2D eigenvalue weighted by atomic mass is 10.1. The van der Waals surface area contributed by atoms with Gasteiger partial charge in [0, 0.05) is 45.0 Å². The molecule has 0 atom stereocenters. The molecule has 0 aromatic heterocycles. The quantitative estimate of drug-likeness (QED) is 0.508. The number of carbonyl (C=O) groups is 1. The van der Waals surface area contributed by atoms with Crippen molar-refractivity contribution >= 4 is 27.4 Å². The molecule has 1 fully saturated rings. The van der Waals surface area contributed by atoms with Crippen LogP contribution in [0.3, 0.4) is 0 Å². The number of rotatable bonds is 7. The maximum atomic E-state index is 12.1. The molecule has 0 spiro atoms. The van der Waals surface area contributed by atoms with Gasteiger partial charge in [-0.2, -0.15) is 0 Å². The molecule has 8 heteroatoms. The number of carbonyl (C=O) groups excluding carboxylic acids is 1. The number of piperidine rings is 1. The van der Waals surface area contributed by atoms with Gasteiger partial charge in [0.25, 0.3) is 0 Å². The highest BCUT2D eigenvalue weighted by atomic mass is 32.2. The van der Waals surface area contributed by atoms with Crippen molar-refractivity contribution in [2.45, 2.75) is 37.1 Å². The molecule has 1 amide bonds. The summed E-state index contributed by atoms with van der Waals surface area (Å²) in [5, 5.41) is 6.56. The van der Waals surface area contributed by atoms with E-state index in [4.69, 9.17) is 0 Å². The zero-order valence-electron chi connectivity index (χ0n) is 18.1. The van der Waals surface area contributed by atoms with E-state index in [1.807, 2.05) is 41.3 Å². The van der Waals surface area contributed by atoms with Gasteiger partial charge in [-0.1, -0.05) is 24.3 Å². The van der Waals surface area contributed by atoms with Crippen molar-refractivity contribution in [3.8, 4) is 0 Å². The molecular weight excluding hydrogens is 412 g/mol. The second-order valence-corrected chi connectivity index (χ2v) is 9.70. The third-order valence-corrected chi connectivity index (χ3v) is 6.44. The molecule has 0 radical (unpaired) electrons. The highest BCUT2D eigenvalue weighted by molar-refractivity contribution is 7.90. The molecule has 0 unspecified atom stereocenters. The van der Waals surface area contributed by atoms with E-state index in [-0.39, 0.29) is 5.91 Å². The largest absolute Gasteiger partial charge is 0.356 e. The molecule has 1 heterocycles. The van der Waals surface area contributed by atoms with Gasteiger partial charge in [-0.05, 0) is 54.7 Å². The monoisotopic (exact) mass is 442 g/mol. The van der Waals surface area contributed by atoms with Crippen molar-refractivity contribution in [2.24, 2.45) is 4.99 Å². The molecule has 0 bridgehead atoms. The van der Waals surface area contributed by atoms with Gasteiger partial charge < -0.3 is 15.5 Å². The fourth-order valence-corrected chi connectivity index (χ4v) is 4.14. The number of benzene rings is 2. The zero-order chi connectivity index (χ0) is 22.3. The van der Waals surface area contributed by atoms with Crippen LogP contribution in [-0.2, 0) is 27.6 Å². The summed E-state index contributed by atoms with van der Waals surface area (Å²) in [6, 6.07) is 15.0. The number of hydrogen-bond donors (Lipinski definition) is 2. The Labute approximate surface area is 184 Å². The van der Waals surface area contributed by atoms with Crippen LogP contribution in [0.15, 0.2) is 58.4 Å². The number of anilines is 1. The number of nitrogens with one attached hydrogen (secondary N) is 2. The van der Waals surface area contributed by atoms with Crippen LogP contribution in [-0.4, -0.2) is 46.7 Å². The van der Waals surface area contributed by atoms with Gasteiger partial charge in [-0.25, -0.2) is 8.42 Å². The first-order valence-corrected chi connectivity index (χ1v) is 12.4. The second-order valence-electron chi connectivity index (χ2n) is 7.69. The van der Waals surface area contributed by atoms with Crippen LogP contribution in [0.1, 0.15) is 30.4 Å². The van der Waals surface area contributed by atoms with Gasteiger partial charge >= 0.3 is 0 Å². The smallest absolute Gasteiger partial charge is 0.226 e. The summed E-state index contributed by atoms with van der Waals surface area (Å²) in [6.07, 6.45) is 4.63. The van der Waals surface area contributed by atoms with Gasteiger partial charge in [0.2, 0.25) is 5.91 Å². The summed E-state index contributed by atoms with van der Waals surface area (Å²) in [7, 11) is -1.44. The Hall–Kier alpha value is -2.87. The summed E-state index contributed by atoms with van der Waals surface area (Å²) in [5.74, 6) is 0.899. The van der Waals surface area contributed by atoms with E-state index in [0.29, 0.717) is 30.4 Å². The number of aliphatic imine (C=N–C) groups is 1. The zero-order valence-corrected chi connectivity index (χ0v) is 18.9. The third kappa shape index (κ3) is 6.55. The Morgan fingerprint density at radius 3 is 2.29 bits per heavy atom. The topological polar surface area (TPSA) is 90.9 Å². The van der Waals surface area contributed by atoms with Crippen molar-refractivity contribution in [1.29, 1.82) is 0 Å². The molecule has 2 N–H and O–H groups in total. The Morgan fingerprint density at radius 2 is 1.68 bits per heavy atom. The summed E-state index contributed by atoms with van der Waals surface area (Å²) < 4.78 is 23.1. The number of hydrogen-bond acceptors (Lipinski definition) is 4. The van der Waals surface area contributed by atoms with Crippen LogP contribution in [0, 0.1) is 0 Å². The molecule has 31 heavy (non-hydrogen) atoms. The van der Waals surface area contributed by atoms with E-state index in [9.17, 15) is 13.2 Å². The van der Waals surface area contributed by atoms with Crippen LogP contribution in [0.25, 0.3) is 0 Å². The lowest BCUT2D eigenvalue weighted by molar-refractivity contribution is -0.119. The molecule has 7 nitrogen and oxygen atoms in total. The van der Waals surface area contributed by atoms with Gasteiger partial charge in [0.1, 0.15) is 0 Å². The van der Waals surface area contributed by atoms with E-state index in [0.717, 1.165) is 42.6 Å². The van der Waals surface area contributed by atoms with Crippen molar-refractivity contribution in [3.05, 3.63) is 59.7 Å². The van der Waals surface area contributed by atoms with E-state index in [2.05, 4.69) is 15.6 Å². The first-order chi connectivity index (χ1) is 14.9. The second kappa shape index (κ2) is 10.4. The van der Waals surface area contributed by atoms with Gasteiger partial charge in [0.05, 0.1) is 4.90 Å². The molecule has 166 valence electrons. The highest BCUT2D eigenvalue weighted by Gasteiger charge is 2.19. The average Bonchev–Trinajstić information content (AvgIpc) is 2.76. The molecule has 2 aromatic carbocycles. The number of amides is 1. The van der Waals surface area contributed by atoms with Gasteiger partial charge in [-0.3, -0.25) is 9.79 Å². The van der Waals surface area contributed by atoms with Crippen LogP contribution in [0.2, 0.25) is 0 Å². The molecule has 2 aromatic rings. The minimum absolute atomic E-state index is 0.202. The number of nitrogens with zero attached hydrogens (tertiary/aromatic N) is 2. The summed E-state index contributed by atoms with van der Waals surface area (Å²) in [6.45, 7) is 2.09. The maximum absolute atomic E-state index is 12.1. The highest BCUT2D eigenvalue weighted by Crippen LogP contribution is 2.21. The number of guanidine groups is 1. The fraction of sp³-hybridized carbons (Fsp3) is 0.391. The third-order valence-electron chi connectivity index (χ3n) is 5.31. The fourth-order valence-electron chi connectivity index (χ4n) is 3.51. The maximum Gasteiger partial charge on any atom is 0.226 e. The SMILES string of the molecule is CN=C(NCCc1ccc(S(C)(=O)=O)cc1)NCc1ccc(N2CCCCC2=O)cc1. The van der Waals surface area contributed by atoms with Crippen molar-refractivity contribution in [1.82, 2.24) is 10.6 Å². The van der Waals surface area contributed by atoms with E-state index >= 15 is 0 Å². The van der Waals surface area contributed by atoms with E-state index in [1.54, 1.807) is 19.2 Å². The van der Waals surface area contributed by atoms with Crippen LogP contribution in [0.4, 0.5) is 5.69 Å². The Morgan fingerprint density at radius 1 is 1.00 bits per heavy atom. The Bertz CT molecular complexity index is 1020. The lowest BCUT2D eigenvalue weighted by Gasteiger charge is -2.26. The molecule has 1 aliphatic rings. The first-order valence-electron chi connectivity index (χ1n) is 10.5. The van der Waals surface area contributed by atoms with E-state index in [1.165, 1.54) is 6.26 Å². The predicted octanol–water partition coefficient (Wildman–Crippen LogP) is 2.51. The average molecular weight is 443 g/mol. The van der Waals surface area contributed by atoms with Crippen LogP contribution < -0.4 is 15.5 Å². The molecule has 1 saturated heterocycles. The standard InChI is InChI=1S/C23H30N4O3S/c1-24-23(25-15-14-18-8-12-21(13-9-18)31(2,29)30)26-17-19-6-10-20(11-7-19)27-16-4-3-5-22(27)28/h6-13H,3-5,14-17H2,1-2H3,(H2,24,25,26). The van der Waals surface area contributed by atoms with Gasteiger partial charge in [-0.15, -0.1) is 0 Å². The first kappa shape index (κ1) is 22.8. The molecule has 0 saturated carbocycles. The molecular formula is C23H30N4O3S. The van der Waals surface area contributed by atoms with E-state index < -0.39 is 9.84 Å². The van der Waals surface area contributed by atoms with Crippen molar-refractivity contribution < 1.29 is 13.2 Å². The molecule has 0 aliphatic carbocycles. The minimum Gasteiger partial charge on any atom is -0.356 e.